The molecular formula is C13H25N3O. The molecule has 0 amide bonds. The molecule has 0 aromatic rings. The van der Waals surface area contributed by atoms with Gasteiger partial charge >= 0.3 is 0 Å². The molecule has 1 aliphatic carbocycles. The van der Waals surface area contributed by atoms with Crippen molar-refractivity contribution in [3.8, 4) is 0 Å². The van der Waals surface area contributed by atoms with Crippen LogP contribution < -0.4 is 11.1 Å². The zero-order valence-corrected chi connectivity index (χ0v) is 10.8. The van der Waals surface area contributed by atoms with Gasteiger partial charge < -0.3 is 15.8 Å². The Morgan fingerprint density at radius 3 is 2.71 bits per heavy atom. The normalized spacial score (nSPS) is 29.2. The maximum absolute atomic E-state index is 5.97. The molecule has 3 N–H and O–H groups in total. The van der Waals surface area contributed by atoms with E-state index >= 15 is 0 Å². The van der Waals surface area contributed by atoms with Crippen molar-refractivity contribution in [3.05, 3.63) is 0 Å². The Hall–Kier alpha value is -0.770. The second-order valence-electron chi connectivity index (χ2n) is 5.36. The Kier molecular flexibility index (Phi) is 4.66. The molecule has 4 nitrogen and oxygen atoms in total. The first-order chi connectivity index (χ1) is 8.25. The van der Waals surface area contributed by atoms with E-state index in [1.54, 1.807) is 0 Å². The minimum absolute atomic E-state index is 0.366. The molecule has 0 aromatic heterocycles. The highest BCUT2D eigenvalue weighted by Crippen LogP contribution is 2.20. The monoisotopic (exact) mass is 239 g/mol. The Morgan fingerprint density at radius 2 is 2.06 bits per heavy atom. The van der Waals surface area contributed by atoms with Crippen LogP contribution in [0.1, 0.15) is 45.4 Å². The highest BCUT2D eigenvalue weighted by atomic mass is 16.5. The second-order valence-corrected chi connectivity index (χ2v) is 5.36. The second kappa shape index (κ2) is 6.24. The third-order valence-electron chi connectivity index (χ3n) is 3.94. The van der Waals surface area contributed by atoms with Gasteiger partial charge in [0.15, 0.2) is 5.96 Å². The summed E-state index contributed by atoms with van der Waals surface area (Å²) in [6, 6.07) is 0.813. The van der Waals surface area contributed by atoms with Crippen LogP contribution in [0, 0.1) is 5.92 Å². The first kappa shape index (κ1) is 12.7. The van der Waals surface area contributed by atoms with Crippen LogP contribution in [0.3, 0.4) is 0 Å². The van der Waals surface area contributed by atoms with Crippen LogP contribution in [-0.4, -0.2) is 31.3 Å². The highest BCUT2D eigenvalue weighted by molar-refractivity contribution is 5.78. The zero-order chi connectivity index (χ0) is 12.1. The molecule has 0 spiro atoms. The number of nitrogens with zero attached hydrogens (tertiary/aromatic N) is 1. The number of nitrogens with one attached hydrogen (secondary N) is 1. The van der Waals surface area contributed by atoms with Crippen LogP contribution >= 0.6 is 0 Å². The minimum Gasteiger partial charge on any atom is -0.381 e. The lowest BCUT2D eigenvalue weighted by Gasteiger charge is -2.22. The molecule has 2 aliphatic rings. The van der Waals surface area contributed by atoms with Crippen molar-refractivity contribution in [2.24, 2.45) is 16.6 Å². The summed E-state index contributed by atoms with van der Waals surface area (Å²) in [5.41, 5.74) is 5.97. The SMILES string of the molecule is CC(NC(N)=NC1CCCCC1)C1CCOC1. The Balaban J connectivity index is 1.78. The van der Waals surface area contributed by atoms with E-state index < -0.39 is 0 Å². The number of ether oxygens (including phenoxy) is 1. The number of hydrogen-bond donors (Lipinski definition) is 2. The molecule has 1 saturated carbocycles. The van der Waals surface area contributed by atoms with Crippen LogP contribution in [0.25, 0.3) is 0 Å². The van der Waals surface area contributed by atoms with E-state index in [2.05, 4.69) is 17.2 Å². The van der Waals surface area contributed by atoms with Gasteiger partial charge in [-0.1, -0.05) is 19.3 Å². The van der Waals surface area contributed by atoms with Gasteiger partial charge in [-0.3, -0.25) is 4.99 Å². The molecule has 1 aliphatic heterocycles. The van der Waals surface area contributed by atoms with E-state index in [1.807, 2.05) is 0 Å². The lowest BCUT2D eigenvalue weighted by molar-refractivity contribution is 0.180. The van der Waals surface area contributed by atoms with E-state index in [0.717, 1.165) is 19.6 Å². The highest BCUT2D eigenvalue weighted by Gasteiger charge is 2.22. The zero-order valence-electron chi connectivity index (χ0n) is 10.8. The largest absolute Gasteiger partial charge is 0.381 e. The quantitative estimate of drug-likeness (QED) is 0.581. The average Bonchev–Trinajstić information content (AvgIpc) is 2.83. The smallest absolute Gasteiger partial charge is 0.189 e. The molecule has 98 valence electrons. The van der Waals surface area contributed by atoms with Crippen LogP contribution in [0.15, 0.2) is 4.99 Å². The fraction of sp³-hybridized carbons (Fsp3) is 0.923. The summed E-state index contributed by atoms with van der Waals surface area (Å²) in [6.07, 6.45) is 7.48. The van der Waals surface area contributed by atoms with Crippen molar-refractivity contribution in [3.63, 3.8) is 0 Å². The third kappa shape index (κ3) is 3.87. The van der Waals surface area contributed by atoms with Crippen molar-refractivity contribution >= 4 is 5.96 Å². The van der Waals surface area contributed by atoms with Gasteiger partial charge in [0.05, 0.1) is 12.6 Å². The summed E-state index contributed by atoms with van der Waals surface area (Å²) < 4.78 is 5.39. The number of hydrogen-bond acceptors (Lipinski definition) is 2. The van der Waals surface area contributed by atoms with Gasteiger partial charge in [0.25, 0.3) is 0 Å². The lowest BCUT2D eigenvalue weighted by Crippen LogP contribution is -2.43. The van der Waals surface area contributed by atoms with Crippen LogP contribution in [0.5, 0.6) is 0 Å². The maximum Gasteiger partial charge on any atom is 0.189 e. The van der Waals surface area contributed by atoms with Crippen molar-refractivity contribution in [2.45, 2.75) is 57.5 Å². The predicted octanol–water partition coefficient (Wildman–Crippen LogP) is 1.65. The Bertz CT molecular complexity index is 255. The molecule has 1 saturated heterocycles. The third-order valence-corrected chi connectivity index (χ3v) is 3.94. The molecule has 4 heteroatoms. The van der Waals surface area contributed by atoms with Crippen molar-refractivity contribution in [1.29, 1.82) is 0 Å². The molecule has 2 unspecified atom stereocenters. The maximum atomic E-state index is 5.97. The van der Waals surface area contributed by atoms with Crippen LogP contribution in [0.4, 0.5) is 0 Å². The molecule has 2 fully saturated rings. The molecule has 1 heterocycles. The van der Waals surface area contributed by atoms with Crippen molar-refractivity contribution < 1.29 is 4.74 Å². The Morgan fingerprint density at radius 1 is 1.29 bits per heavy atom. The van der Waals surface area contributed by atoms with E-state index in [9.17, 15) is 0 Å². The lowest BCUT2D eigenvalue weighted by atomic mass is 9.96. The molecule has 0 radical (unpaired) electrons. The standard InChI is InChI=1S/C13H25N3O/c1-10(11-7-8-17-9-11)15-13(14)16-12-5-3-2-4-6-12/h10-12H,2-9H2,1H3,(H3,14,15,16). The van der Waals surface area contributed by atoms with Crippen molar-refractivity contribution in [1.82, 2.24) is 5.32 Å². The fourth-order valence-corrected chi connectivity index (χ4v) is 2.74. The summed E-state index contributed by atoms with van der Waals surface area (Å²) in [6.45, 7) is 3.91. The molecule has 2 rings (SSSR count). The molecule has 0 bridgehead atoms. The van der Waals surface area contributed by atoms with Gasteiger partial charge in [-0.05, 0) is 26.2 Å². The summed E-state index contributed by atoms with van der Waals surface area (Å²) in [7, 11) is 0. The molecule has 0 aromatic carbocycles. The summed E-state index contributed by atoms with van der Waals surface area (Å²) >= 11 is 0. The molecule has 17 heavy (non-hydrogen) atoms. The number of aliphatic imine (C=N–C) groups is 1. The minimum atomic E-state index is 0.366. The van der Waals surface area contributed by atoms with E-state index in [0.29, 0.717) is 24.0 Å². The molecular weight excluding hydrogens is 214 g/mol. The van der Waals surface area contributed by atoms with Gasteiger partial charge in [-0.25, -0.2) is 0 Å². The fourth-order valence-electron chi connectivity index (χ4n) is 2.74. The van der Waals surface area contributed by atoms with Crippen LogP contribution in [0.2, 0.25) is 0 Å². The number of rotatable bonds is 3. The average molecular weight is 239 g/mol. The number of guanidine groups is 1. The predicted molar refractivity (Wildman–Crippen MR) is 70.0 cm³/mol. The molecule has 2 atom stereocenters. The van der Waals surface area contributed by atoms with Gasteiger partial charge in [0.2, 0.25) is 0 Å². The van der Waals surface area contributed by atoms with Crippen molar-refractivity contribution in [2.75, 3.05) is 13.2 Å². The van der Waals surface area contributed by atoms with Gasteiger partial charge in [0.1, 0.15) is 0 Å². The van der Waals surface area contributed by atoms with Gasteiger partial charge in [-0.2, -0.15) is 0 Å². The van der Waals surface area contributed by atoms with Gasteiger partial charge in [-0.15, -0.1) is 0 Å². The summed E-state index contributed by atoms with van der Waals surface area (Å²) in [5, 5.41) is 3.32. The topological polar surface area (TPSA) is 59.6 Å². The number of nitrogens with two attached hydrogens (primary N) is 1. The van der Waals surface area contributed by atoms with Crippen LogP contribution in [-0.2, 0) is 4.74 Å². The van der Waals surface area contributed by atoms with E-state index in [4.69, 9.17) is 10.5 Å². The first-order valence-electron chi connectivity index (χ1n) is 6.93. The Labute approximate surface area is 104 Å². The van der Waals surface area contributed by atoms with Gasteiger partial charge in [0, 0.05) is 18.6 Å². The first-order valence-corrected chi connectivity index (χ1v) is 6.93. The summed E-state index contributed by atoms with van der Waals surface area (Å²) in [5.74, 6) is 1.20. The summed E-state index contributed by atoms with van der Waals surface area (Å²) in [4.78, 5) is 4.59. The van der Waals surface area contributed by atoms with E-state index in [-0.39, 0.29) is 0 Å². The van der Waals surface area contributed by atoms with E-state index in [1.165, 1.54) is 32.1 Å².